The van der Waals surface area contributed by atoms with Crippen LogP contribution in [-0.4, -0.2) is 37.1 Å². The van der Waals surface area contributed by atoms with Crippen LogP contribution in [-0.2, 0) is 4.79 Å². The highest BCUT2D eigenvalue weighted by Crippen LogP contribution is 2.24. The molecule has 3 rings (SSSR count). The number of rotatable bonds is 3. The summed E-state index contributed by atoms with van der Waals surface area (Å²) in [6, 6.07) is 7.30. The van der Waals surface area contributed by atoms with Crippen LogP contribution in [0.15, 0.2) is 24.3 Å². The van der Waals surface area contributed by atoms with Gasteiger partial charge >= 0.3 is 6.03 Å². The first-order valence-corrected chi connectivity index (χ1v) is 7.30. The Morgan fingerprint density at radius 1 is 1.38 bits per heavy atom. The lowest BCUT2D eigenvalue weighted by molar-refractivity contribution is -0.121. The number of benzene rings is 1. The molecular weight excluding hydrogens is 268 g/mol. The fourth-order valence-electron chi connectivity index (χ4n) is 2.83. The van der Waals surface area contributed by atoms with Crippen LogP contribution >= 0.6 is 0 Å². The van der Waals surface area contributed by atoms with E-state index in [-0.39, 0.29) is 11.9 Å². The van der Waals surface area contributed by atoms with Gasteiger partial charge in [-0.2, -0.15) is 0 Å². The Morgan fingerprint density at radius 2 is 2.24 bits per heavy atom. The van der Waals surface area contributed by atoms with Crippen LogP contribution < -0.4 is 20.9 Å². The number of nitrogens with one attached hydrogen (secondary N) is 3. The van der Waals surface area contributed by atoms with Crippen molar-refractivity contribution in [2.45, 2.75) is 25.3 Å². The molecule has 3 amide bonds. The molecular formula is C15H20N4O2. The predicted octanol–water partition coefficient (Wildman–Crippen LogP) is 1.30. The van der Waals surface area contributed by atoms with Crippen LogP contribution in [0, 0.1) is 0 Å². The molecule has 0 bridgehead atoms. The van der Waals surface area contributed by atoms with E-state index in [0.717, 1.165) is 25.1 Å². The van der Waals surface area contributed by atoms with Crippen molar-refractivity contribution in [1.29, 1.82) is 0 Å². The Bertz CT molecular complexity index is 567. The van der Waals surface area contributed by atoms with Crippen LogP contribution in [0.5, 0.6) is 0 Å². The summed E-state index contributed by atoms with van der Waals surface area (Å²) in [5, 5.41) is 8.96. The Labute approximate surface area is 123 Å². The maximum Gasteiger partial charge on any atom is 0.321 e. The number of nitrogens with zero attached hydrogens (tertiary/aromatic N) is 1. The molecule has 1 atom stereocenters. The van der Waals surface area contributed by atoms with E-state index in [1.54, 1.807) is 4.90 Å². The van der Waals surface area contributed by atoms with E-state index in [1.807, 2.05) is 31.2 Å². The van der Waals surface area contributed by atoms with Crippen LogP contribution in [0.25, 0.3) is 0 Å². The largest absolute Gasteiger partial charge is 0.336 e. The summed E-state index contributed by atoms with van der Waals surface area (Å²) in [5.74, 6) is -0.0250. The van der Waals surface area contributed by atoms with Crippen molar-refractivity contribution in [2.24, 2.45) is 0 Å². The van der Waals surface area contributed by atoms with Gasteiger partial charge in [-0.15, -0.1) is 0 Å². The van der Waals surface area contributed by atoms with Crippen molar-refractivity contribution in [3.63, 3.8) is 0 Å². The van der Waals surface area contributed by atoms with Gasteiger partial charge in [0.25, 0.3) is 0 Å². The topological polar surface area (TPSA) is 73.5 Å². The van der Waals surface area contributed by atoms with Crippen molar-refractivity contribution in [2.75, 3.05) is 29.9 Å². The van der Waals surface area contributed by atoms with Gasteiger partial charge in [0.15, 0.2) is 0 Å². The van der Waals surface area contributed by atoms with Gasteiger partial charge in [-0.1, -0.05) is 6.07 Å². The van der Waals surface area contributed by atoms with Gasteiger partial charge in [-0.05, 0) is 44.5 Å². The molecule has 1 unspecified atom stereocenters. The summed E-state index contributed by atoms with van der Waals surface area (Å²) in [5.41, 5.74) is 1.01. The molecule has 0 radical (unpaired) electrons. The van der Waals surface area contributed by atoms with Gasteiger partial charge in [0.2, 0.25) is 5.91 Å². The number of hydrogen-bond donors (Lipinski definition) is 3. The molecule has 0 saturated carbocycles. The minimum Gasteiger partial charge on any atom is -0.336 e. The highest BCUT2D eigenvalue weighted by molar-refractivity contribution is 5.99. The normalized spacial score (nSPS) is 25.0. The number of carbonyl (C=O) groups excluding carboxylic acids is 2. The third-order valence-corrected chi connectivity index (χ3v) is 4.14. The van der Waals surface area contributed by atoms with Gasteiger partial charge in [-0.25, -0.2) is 4.79 Å². The molecule has 6 heteroatoms. The van der Waals surface area contributed by atoms with Crippen LogP contribution in [0.1, 0.15) is 19.8 Å². The number of carbonyl (C=O) groups is 2. The van der Waals surface area contributed by atoms with Crippen LogP contribution in [0.4, 0.5) is 16.2 Å². The van der Waals surface area contributed by atoms with E-state index < -0.39 is 5.54 Å². The molecule has 112 valence electrons. The molecule has 2 fully saturated rings. The predicted molar refractivity (Wildman–Crippen MR) is 81.5 cm³/mol. The molecule has 0 aliphatic carbocycles. The standard InChI is InChI=1S/C15H20N4O2/c1-15(6-3-7-17-15)13(20)18-11-4-2-5-12(10-11)19-9-8-16-14(19)21/h2,4-5,10,17H,3,6-9H2,1H3,(H,16,21)(H,18,20). The van der Waals surface area contributed by atoms with E-state index >= 15 is 0 Å². The lowest BCUT2D eigenvalue weighted by Crippen LogP contribution is -2.47. The summed E-state index contributed by atoms with van der Waals surface area (Å²) in [6.45, 7) is 4.10. The average Bonchev–Trinajstić information content (AvgIpc) is 3.09. The van der Waals surface area contributed by atoms with Crippen molar-refractivity contribution < 1.29 is 9.59 Å². The summed E-state index contributed by atoms with van der Waals surface area (Å²) < 4.78 is 0. The van der Waals surface area contributed by atoms with Gasteiger partial charge in [-0.3, -0.25) is 9.69 Å². The van der Waals surface area contributed by atoms with Gasteiger partial charge in [0.1, 0.15) is 0 Å². The minimum absolute atomic E-state index is 0.0250. The van der Waals surface area contributed by atoms with E-state index in [2.05, 4.69) is 16.0 Å². The zero-order valence-corrected chi connectivity index (χ0v) is 12.1. The summed E-state index contributed by atoms with van der Waals surface area (Å²) >= 11 is 0. The highest BCUT2D eigenvalue weighted by Gasteiger charge is 2.35. The first kappa shape index (κ1) is 13.9. The molecule has 0 spiro atoms. The number of urea groups is 1. The Balaban J connectivity index is 1.74. The maximum atomic E-state index is 12.4. The number of hydrogen-bond acceptors (Lipinski definition) is 3. The number of amides is 3. The van der Waals surface area contributed by atoms with E-state index in [0.29, 0.717) is 18.8 Å². The monoisotopic (exact) mass is 288 g/mol. The van der Waals surface area contributed by atoms with E-state index in [1.165, 1.54) is 0 Å². The second-order valence-corrected chi connectivity index (χ2v) is 5.75. The third-order valence-electron chi connectivity index (χ3n) is 4.14. The quantitative estimate of drug-likeness (QED) is 0.785. The first-order valence-electron chi connectivity index (χ1n) is 7.30. The highest BCUT2D eigenvalue weighted by atomic mass is 16.2. The lowest BCUT2D eigenvalue weighted by Gasteiger charge is -2.23. The molecule has 2 saturated heterocycles. The van der Waals surface area contributed by atoms with E-state index in [4.69, 9.17) is 0 Å². The summed E-state index contributed by atoms with van der Waals surface area (Å²) in [4.78, 5) is 25.7. The van der Waals surface area contributed by atoms with Gasteiger partial charge < -0.3 is 16.0 Å². The SMILES string of the molecule is CC1(C(=O)Nc2cccc(N3CCNC3=O)c2)CCCN1. The van der Waals surface area contributed by atoms with Crippen molar-refractivity contribution >= 4 is 23.3 Å². The Hall–Kier alpha value is -2.08. The molecule has 1 aromatic carbocycles. The Kier molecular flexibility index (Phi) is 3.55. The molecule has 21 heavy (non-hydrogen) atoms. The summed E-state index contributed by atoms with van der Waals surface area (Å²) in [7, 11) is 0. The van der Waals surface area contributed by atoms with Crippen LogP contribution in [0.2, 0.25) is 0 Å². The maximum absolute atomic E-state index is 12.4. The van der Waals surface area contributed by atoms with Gasteiger partial charge in [0.05, 0.1) is 5.54 Å². The third kappa shape index (κ3) is 2.71. The molecule has 6 nitrogen and oxygen atoms in total. The fourth-order valence-corrected chi connectivity index (χ4v) is 2.83. The molecule has 3 N–H and O–H groups in total. The van der Waals surface area contributed by atoms with Crippen molar-refractivity contribution in [3.8, 4) is 0 Å². The second-order valence-electron chi connectivity index (χ2n) is 5.75. The van der Waals surface area contributed by atoms with Gasteiger partial charge in [0, 0.05) is 24.5 Å². The Morgan fingerprint density at radius 3 is 2.90 bits per heavy atom. The molecule has 2 aliphatic rings. The van der Waals surface area contributed by atoms with Crippen molar-refractivity contribution in [1.82, 2.24) is 10.6 Å². The molecule has 2 aliphatic heterocycles. The lowest BCUT2D eigenvalue weighted by atomic mass is 9.99. The minimum atomic E-state index is -0.499. The van der Waals surface area contributed by atoms with Crippen LogP contribution in [0.3, 0.4) is 0 Å². The fraction of sp³-hybridized carbons (Fsp3) is 0.467. The molecule has 2 heterocycles. The van der Waals surface area contributed by atoms with Crippen molar-refractivity contribution in [3.05, 3.63) is 24.3 Å². The van der Waals surface area contributed by atoms with E-state index in [9.17, 15) is 9.59 Å². The molecule has 1 aromatic rings. The average molecular weight is 288 g/mol. The zero-order chi connectivity index (χ0) is 14.9. The second kappa shape index (κ2) is 5.37. The smallest absolute Gasteiger partial charge is 0.321 e. The molecule has 0 aromatic heterocycles. The first-order chi connectivity index (χ1) is 10.1. The zero-order valence-electron chi connectivity index (χ0n) is 12.1. The number of anilines is 2. The summed E-state index contributed by atoms with van der Waals surface area (Å²) in [6.07, 6.45) is 1.85.